The van der Waals surface area contributed by atoms with Crippen LogP contribution in [0.4, 0.5) is 24.5 Å². The number of hydrogen-bond acceptors (Lipinski definition) is 3. The first-order valence-corrected chi connectivity index (χ1v) is 7.44. The van der Waals surface area contributed by atoms with Crippen LogP contribution < -0.4 is 10.6 Å². The summed E-state index contributed by atoms with van der Waals surface area (Å²) in [6.45, 7) is 2.54. The fourth-order valence-electron chi connectivity index (χ4n) is 1.97. The van der Waals surface area contributed by atoms with Crippen LogP contribution in [0.2, 0.25) is 0 Å². The van der Waals surface area contributed by atoms with Gasteiger partial charge in [0.05, 0.1) is 16.9 Å². The summed E-state index contributed by atoms with van der Waals surface area (Å²) in [7, 11) is 0. The second-order valence-electron chi connectivity index (χ2n) is 5.91. The van der Waals surface area contributed by atoms with Crippen LogP contribution in [-0.4, -0.2) is 11.8 Å². The number of carbonyl (C=O) groups excluding carboxylic acids is 2. The number of nitrogens with zero attached hydrogens (tertiary/aromatic N) is 1. The van der Waals surface area contributed by atoms with Crippen molar-refractivity contribution in [1.82, 2.24) is 0 Å². The molecule has 0 bridgehead atoms. The number of nitriles is 1. The summed E-state index contributed by atoms with van der Waals surface area (Å²) in [5.74, 6) is -6.39. The molecule has 2 aromatic rings. The lowest BCUT2D eigenvalue weighted by Gasteiger charge is -2.23. The summed E-state index contributed by atoms with van der Waals surface area (Å²) in [6, 6.07) is 9.58. The van der Waals surface area contributed by atoms with Crippen LogP contribution in [0.3, 0.4) is 0 Å². The number of benzene rings is 2. The summed E-state index contributed by atoms with van der Waals surface area (Å²) in [5, 5.41) is 13.5. The van der Waals surface area contributed by atoms with Crippen molar-refractivity contribution >= 4 is 23.2 Å². The van der Waals surface area contributed by atoms with E-state index < -0.39 is 40.4 Å². The van der Waals surface area contributed by atoms with Gasteiger partial charge in [-0.3, -0.25) is 9.59 Å². The molecule has 2 aromatic carbocycles. The molecule has 8 heteroatoms. The van der Waals surface area contributed by atoms with E-state index in [0.29, 0.717) is 6.07 Å². The quantitative estimate of drug-likeness (QED) is 0.645. The van der Waals surface area contributed by atoms with Crippen LogP contribution in [0, 0.1) is 34.2 Å². The van der Waals surface area contributed by atoms with Crippen molar-refractivity contribution in [2.75, 3.05) is 10.6 Å². The lowest BCUT2D eigenvalue weighted by atomic mass is 9.90. The van der Waals surface area contributed by atoms with Gasteiger partial charge in [0.15, 0.2) is 17.5 Å². The highest BCUT2D eigenvalue weighted by Gasteiger charge is 2.37. The highest BCUT2D eigenvalue weighted by atomic mass is 19.2. The van der Waals surface area contributed by atoms with Gasteiger partial charge < -0.3 is 10.6 Å². The van der Waals surface area contributed by atoms with Gasteiger partial charge in [0, 0.05) is 0 Å². The van der Waals surface area contributed by atoms with E-state index in [-0.39, 0.29) is 11.3 Å². The van der Waals surface area contributed by atoms with E-state index in [1.54, 1.807) is 12.1 Å². The Morgan fingerprint density at radius 1 is 0.923 bits per heavy atom. The largest absolute Gasteiger partial charge is 0.324 e. The van der Waals surface area contributed by atoms with E-state index in [0.717, 1.165) is 6.07 Å². The van der Waals surface area contributed by atoms with Crippen molar-refractivity contribution in [2.45, 2.75) is 13.8 Å². The molecule has 0 atom stereocenters. The lowest BCUT2D eigenvalue weighted by Crippen LogP contribution is -2.42. The third-order valence-electron chi connectivity index (χ3n) is 3.71. The molecule has 0 unspecified atom stereocenters. The van der Waals surface area contributed by atoms with Gasteiger partial charge in [-0.25, -0.2) is 13.2 Å². The molecular weight excluding hydrogens is 347 g/mol. The smallest absolute Gasteiger partial charge is 0.239 e. The number of nitrogens with one attached hydrogen (secondary N) is 2. The molecule has 0 heterocycles. The predicted octanol–water partition coefficient (Wildman–Crippen LogP) is 3.58. The fourth-order valence-corrected chi connectivity index (χ4v) is 1.97. The average molecular weight is 361 g/mol. The van der Waals surface area contributed by atoms with Gasteiger partial charge in [0.1, 0.15) is 11.5 Å². The van der Waals surface area contributed by atoms with E-state index >= 15 is 0 Å². The summed E-state index contributed by atoms with van der Waals surface area (Å²) in [5.41, 5.74) is -1.88. The van der Waals surface area contributed by atoms with Crippen LogP contribution in [0.25, 0.3) is 0 Å². The Labute approximate surface area is 147 Å². The Balaban J connectivity index is 2.21. The highest BCUT2D eigenvalue weighted by Crippen LogP contribution is 2.25. The van der Waals surface area contributed by atoms with Crippen molar-refractivity contribution < 1.29 is 22.8 Å². The minimum Gasteiger partial charge on any atom is -0.324 e. The Morgan fingerprint density at radius 2 is 1.50 bits per heavy atom. The third-order valence-corrected chi connectivity index (χ3v) is 3.71. The predicted molar refractivity (Wildman–Crippen MR) is 88.5 cm³/mol. The Kier molecular flexibility index (Phi) is 5.31. The number of anilines is 2. The Hall–Kier alpha value is -3.34. The minimum absolute atomic E-state index is 0.198. The van der Waals surface area contributed by atoms with Crippen LogP contribution in [0.1, 0.15) is 19.4 Å². The molecule has 2 amide bonds. The van der Waals surface area contributed by atoms with Crippen molar-refractivity contribution in [2.24, 2.45) is 5.41 Å². The molecule has 0 aliphatic rings. The SMILES string of the molecule is CC(C)(C(=O)Nc1ccccc1C#N)C(=O)Nc1ccc(F)c(F)c1F. The van der Waals surface area contributed by atoms with E-state index in [1.807, 2.05) is 6.07 Å². The van der Waals surface area contributed by atoms with Gasteiger partial charge in [-0.1, -0.05) is 12.1 Å². The number of para-hydroxylation sites is 1. The molecule has 0 saturated carbocycles. The lowest BCUT2D eigenvalue weighted by molar-refractivity contribution is -0.135. The molecule has 0 radical (unpaired) electrons. The van der Waals surface area contributed by atoms with Crippen LogP contribution in [0.5, 0.6) is 0 Å². The first-order chi connectivity index (χ1) is 12.2. The molecule has 0 fully saturated rings. The van der Waals surface area contributed by atoms with Crippen LogP contribution in [0.15, 0.2) is 36.4 Å². The van der Waals surface area contributed by atoms with Crippen LogP contribution in [-0.2, 0) is 9.59 Å². The van der Waals surface area contributed by atoms with Gasteiger partial charge in [-0.05, 0) is 38.1 Å². The van der Waals surface area contributed by atoms with E-state index in [1.165, 1.54) is 26.0 Å². The van der Waals surface area contributed by atoms with Crippen molar-refractivity contribution in [3.05, 3.63) is 59.4 Å². The third kappa shape index (κ3) is 3.67. The van der Waals surface area contributed by atoms with Crippen LogP contribution >= 0.6 is 0 Å². The van der Waals surface area contributed by atoms with Crippen molar-refractivity contribution in [1.29, 1.82) is 5.26 Å². The molecule has 26 heavy (non-hydrogen) atoms. The molecule has 134 valence electrons. The number of hydrogen-bond donors (Lipinski definition) is 2. The molecular formula is C18H14F3N3O2. The number of carbonyl (C=O) groups is 2. The maximum Gasteiger partial charge on any atom is 0.239 e. The van der Waals surface area contributed by atoms with Gasteiger partial charge in [0.25, 0.3) is 0 Å². The fraction of sp³-hybridized carbons (Fsp3) is 0.167. The maximum atomic E-state index is 13.7. The van der Waals surface area contributed by atoms with Gasteiger partial charge in [-0.2, -0.15) is 5.26 Å². The molecule has 0 aromatic heterocycles. The summed E-state index contributed by atoms with van der Waals surface area (Å²) < 4.78 is 39.9. The molecule has 5 nitrogen and oxygen atoms in total. The van der Waals surface area contributed by atoms with Gasteiger partial charge in [0.2, 0.25) is 11.8 Å². The zero-order chi connectivity index (χ0) is 19.5. The topological polar surface area (TPSA) is 82.0 Å². The van der Waals surface area contributed by atoms with E-state index in [2.05, 4.69) is 10.6 Å². The number of rotatable bonds is 4. The molecule has 2 rings (SSSR count). The van der Waals surface area contributed by atoms with E-state index in [4.69, 9.17) is 5.26 Å². The minimum atomic E-state index is -1.73. The normalized spacial score (nSPS) is 10.8. The zero-order valence-electron chi connectivity index (χ0n) is 13.9. The van der Waals surface area contributed by atoms with Gasteiger partial charge in [-0.15, -0.1) is 0 Å². The first-order valence-electron chi connectivity index (χ1n) is 7.44. The second kappa shape index (κ2) is 7.27. The van der Waals surface area contributed by atoms with Gasteiger partial charge >= 0.3 is 0 Å². The van der Waals surface area contributed by atoms with E-state index in [9.17, 15) is 22.8 Å². The average Bonchev–Trinajstić information content (AvgIpc) is 2.62. The maximum absolute atomic E-state index is 13.7. The summed E-state index contributed by atoms with van der Waals surface area (Å²) in [6.07, 6.45) is 0. The molecule has 0 spiro atoms. The molecule has 0 saturated heterocycles. The highest BCUT2D eigenvalue weighted by molar-refractivity contribution is 6.14. The molecule has 0 aliphatic carbocycles. The Morgan fingerprint density at radius 3 is 2.12 bits per heavy atom. The van der Waals surface area contributed by atoms with Crippen molar-refractivity contribution in [3.8, 4) is 6.07 Å². The Bertz CT molecular complexity index is 920. The first kappa shape index (κ1) is 19.0. The molecule has 0 aliphatic heterocycles. The monoisotopic (exact) mass is 361 g/mol. The zero-order valence-corrected chi connectivity index (χ0v) is 13.9. The number of halogens is 3. The number of amides is 2. The molecule has 2 N–H and O–H groups in total. The summed E-state index contributed by atoms with van der Waals surface area (Å²) >= 11 is 0. The van der Waals surface area contributed by atoms with Crippen molar-refractivity contribution in [3.63, 3.8) is 0 Å². The standard InChI is InChI=1S/C18H14F3N3O2/c1-18(2,16(25)23-12-6-4-3-5-10(12)9-22)17(26)24-13-8-7-11(19)14(20)15(13)21/h3-8H,1-2H3,(H,23,25)(H,24,26). The second-order valence-corrected chi connectivity index (χ2v) is 5.91. The summed E-state index contributed by atoms with van der Waals surface area (Å²) in [4.78, 5) is 24.8.